The van der Waals surface area contributed by atoms with Crippen LogP contribution >= 0.6 is 15.9 Å². The average Bonchev–Trinajstić information content (AvgIpc) is 2.75. The Morgan fingerprint density at radius 3 is 2.35 bits per heavy atom. The summed E-state index contributed by atoms with van der Waals surface area (Å²) in [6.07, 6.45) is 0.366. The Hall–Kier alpha value is -1.75. The van der Waals surface area contributed by atoms with E-state index in [9.17, 15) is 12.8 Å². The Balaban J connectivity index is 1.97. The van der Waals surface area contributed by atoms with Crippen molar-refractivity contribution in [2.45, 2.75) is 82.5 Å². The largest absolute Gasteiger partial charge is 0.456 e. The molecule has 10 heteroatoms. The third-order valence-electron chi connectivity index (χ3n) is 7.83. The van der Waals surface area contributed by atoms with Crippen LogP contribution in [0.1, 0.15) is 65.1 Å². The number of benzene rings is 2. The van der Waals surface area contributed by atoms with Crippen LogP contribution in [0.25, 0.3) is 0 Å². The third kappa shape index (κ3) is 5.97. The van der Waals surface area contributed by atoms with Crippen molar-refractivity contribution in [1.29, 1.82) is 0 Å². The summed E-state index contributed by atoms with van der Waals surface area (Å²) in [6.45, 7) is 16.2. The molecule has 0 amide bonds. The highest BCUT2D eigenvalue weighted by molar-refractivity contribution is 9.10. The summed E-state index contributed by atoms with van der Waals surface area (Å²) in [5.41, 5.74) is -0.254. The molecule has 1 fully saturated rings. The van der Waals surface area contributed by atoms with Gasteiger partial charge in [-0.2, -0.15) is 0 Å². The summed E-state index contributed by atoms with van der Waals surface area (Å²) in [5, 5.41) is 0.0232. The van der Waals surface area contributed by atoms with Crippen LogP contribution in [0.5, 0.6) is 0 Å². The van der Waals surface area contributed by atoms with Gasteiger partial charge in [-0.15, -0.1) is 0 Å². The number of nitrogens with one attached hydrogen (secondary N) is 1. The molecule has 204 valence electrons. The van der Waals surface area contributed by atoms with Gasteiger partial charge in [0.05, 0.1) is 6.04 Å². The van der Waals surface area contributed by atoms with Gasteiger partial charge in [0.15, 0.2) is 13.1 Å². The molecule has 2 atom stereocenters. The van der Waals surface area contributed by atoms with Gasteiger partial charge in [-0.25, -0.2) is 22.5 Å². The minimum Gasteiger partial charge on any atom is -0.456 e. The Morgan fingerprint density at radius 1 is 1.14 bits per heavy atom. The van der Waals surface area contributed by atoms with Crippen molar-refractivity contribution in [3.63, 3.8) is 0 Å². The minimum absolute atomic E-state index is 0.0232. The van der Waals surface area contributed by atoms with E-state index in [0.717, 1.165) is 4.47 Å². The van der Waals surface area contributed by atoms with Crippen LogP contribution in [0.2, 0.25) is 18.1 Å². The summed E-state index contributed by atoms with van der Waals surface area (Å²) in [7, 11) is -6.03. The Kier molecular flexibility index (Phi) is 8.40. The van der Waals surface area contributed by atoms with Gasteiger partial charge in [-0.1, -0.05) is 67.0 Å². The van der Waals surface area contributed by atoms with Crippen LogP contribution in [0.15, 0.2) is 58.0 Å². The topological polar surface area (TPSA) is 77.0 Å². The monoisotopic (exact) mass is 612 g/mol. The number of amidine groups is 1. The van der Waals surface area contributed by atoms with Crippen molar-refractivity contribution in [1.82, 2.24) is 4.72 Å². The first-order valence-electron chi connectivity index (χ1n) is 12.3. The van der Waals surface area contributed by atoms with E-state index in [4.69, 9.17) is 9.16 Å². The second-order valence-electron chi connectivity index (χ2n) is 11.6. The molecule has 1 aliphatic rings. The molecule has 2 aromatic carbocycles. The fourth-order valence-corrected chi connectivity index (χ4v) is 7.17. The zero-order chi connectivity index (χ0) is 27.9. The van der Waals surface area contributed by atoms with E-state index in [2.05, 4.69) is 59.5 Å². The van der Waals surface area contributed by atoms with Crippen LogP contribution < -0.4 is 4.72 Å². The first-order valence-corrected chi connectivity index (χ1v) is 17.5. The van der Waals surface area contributed by atoms with Crippen LogP contribution in [-0.4, -0.2) is 35.0 Å². The second kappa shape index (κ2) is 10.4. The predicted octanol–water partition coefficient (Wildman–Crippen LogP) is 7.04. The Labute approximate surface area is 230 Å². The highest BCUT2D eigenvalue weighted by atomic mass is 79.9. The number of aliphatic imine (C=N–C) groups is 1. The van der Waals surface area contributed by atoms with Crippen LogP contribution in [0.3, 0.4) is 0 Å². The molecule has 1 heterocycles. The standard InChI is InChI=1S/C27H38BrFN2O4SSi/c1-25(2,3)37(7,8)34-17-16-23(21-14-9-10-15-22(21)29)30-24-31-36(32,33)27(6,26(4,5)35-24)19-12-11-13-20(28)18-19/h9-15,18,23H,16-17H2,1-8H3,(H,30,31). The number of ether oxygens (including phenoxy) is 1. The van der Waals surface area contributed by atoms with Gasteiger partial charge in [0.1, 0.15) is 11.4 Å². The van der Waals surface area contributed by atoms with Crippen molar-refractivity contribution < 1.29 is 22.0 Å². The lowest BCUT2D eigenvalue weighted by molar-refractivity contribution is 0.0381. The second-order valence-corrected chi connectivity index (χ2v) is 19.4. The molecule has 6 nitrogen and oxygen atoms in total. The summed E-state index contributed by atoms with van der Waals surface area (Å²) in [4.78, 5) is 4.61. The van der Waals surface area contributed by atoms with Crippen molar-refractivity contribution in [3.05, 3.63) is 69.9 Å². The molecule has 0 spiro atoms. The van der Waals surface area contributed by atoms with Gasteiger partial charge in [-0.05, 0) is 69.1 Å². The van der Waals surface area contributed by atoms with E-state index in [-0.39, 0.29) is 11.1 Å². The van der Waals surface area contributed by atoms with Crippen molar-refractivity contribution in [2.75, 3.05) is 6.61 Å². The molecule has 37 heavy (non-hydrogen) atoms. The highest BCUT2D eigenvalue weighted by Gasteiger charge is 2.59. The zero-order valence-corrected chi connectivity index (χ0v) is 26.3. The van der Waals surface area contributed by atoms with Gasteiger partial charge in [0, 0.05) is 16.6 Å². The number of sulfonamides is 1. The van der Waals surface area contributed by atoms with Gasteiger partial charge in [0.2, 0.25) is 10.0 Å². The van der Waals surface area contributed by atoms with Crippen LogP contribution in [-0.2, 0) is 23.9 Å². The molecule has 1 aliphatic heterocycles. The number of halogens is 2. The van der Waals surface area contributed by atoms with Crippen LogP contribution in [0, 0.1) is 5.82 Å². The van der Waals surface area contributed by atoms with E-state index < -0.39 is 40.5 Å². The lowest BCUT2D eigenvalue weighted by atomic mass is 9.85. The molecule has 0 radical (unpaired) electrons. The maximum absolute atomic E-state index is 14.8. The maximum atomic E-state index is 14.8. The van der Waals surface area contributed by atoms with E-state index in [0.29, 0.717) is 24.2 Å². The summed E-state index contributed by atoms with van der Waals surface area (Å²) in [6, 6.07) is 12.7. The smallest absolute Gasteiger partial charge is 0.299 e. The Morgan fingerprint density at radius 2 is 1.78 bits per heavy atom. The molecular weight excluding hydrogens is 575 g/mol. The number of hydrogen-bond acceptors (Lipinski definition) is 5. The van der Waals surface area contributed by atoms with E-state index in [1.807, 2.05) is 6.07 Å². The van der Waals surface area contributed by atoms with Crippen molar-refractivity contribution in [2.24, 2.45) is 4.99 Å². The molecule has 1 N–H and O–H groups in total. The molecule has 0 saturated carbocycles. The van der Waals surface area contributed by atoms with E-state index in [1.165, 1.54) is 6.07 Å². The molecule has 0 bridgehead atoms. The molecular formula is C27H38BrFN2O4SSi. The number of rotatable bonds is 7. The van der Waals surface area contributed by atoms with E-state index in [1.54, 1.807) is 57.2 Å². The lowest BCUT2D eigenvalue weighted by Gasteiger charge is -2.47. The molecule has 0 aromatic heterocycles. The average molecular weight is 614 g/mol. The highest BCUT2D eigenvalue weighted by Crippen LogP contribution is 2.45. The minimum atomic E-state index is -4.00. The lowest BCUT2D eigenvalue weighted by Crippen LogP contribution is -2.63. The number of nitrogens with zero attached hydrogens (tertiary/aromatic N) is 1. The SMILES string of the molecule is CC1(C)OC(=NC(CCO[Si](C)(C)C(C)(C)C)c2ccccc2F)NS(=O)(=O)C1(C)c1cccc(Br)c1. The molecule has 3 rings (SSSR count). The fraction of sp³-hybridized carbons (Fsp3) is 0.519. The van der Waals surface area contributed by atoms with Gasteiger partial charge >= 0.3 is 0 Å². The first-order chi connectivity index (χ1) is 16.9. The van der Waals surface area contributed by atoms with Gasteiger partial charge in [0.25, 0.3) is 6.02 Å². The Bertz CT molecular complexity index is 1280. The molecule has 0 aliphatic carbocycles. The molecule has 2 unspecified atom stereocenters. The van der Waals surface area contributed by atoms with E-state index >= 15 is 0 Å². The van der Waals surface area contributed by atoms with Gasteiger partial charge < -0.3 is 9.16 Å². The summed E-state index contributed by atoms with van der Waals surface area (Å²) in [5.74, 6) is -0.416. The van der Waals surface area contributed by atoms with Gasteiger partial charge in [-0.3, -0.25) is 0 Å². The first kappa shape index (κ1) is 29.8. The van der Waals surface area contributed by atoms with Crippen molar-refractivity contribution in [3.8, 4) is 0 Å². The normalized spacial score (nSPS) is 23.2. The summed E-state index contributed by atoms with van der Waals surface area (Å²) >= 11 is 3.43. The van der Waals surface area contributed by atoms with Crippen LogP contribution in [0.4, 0.5) is 4.39 Å². The quantitative estimate of drug-likeness (QED) is 0.340. The third-order valence-corrected chi connectivity index (χ3v) is 15.1. The summed E-state index contributed by atoms with van der Waals surface area (Å²) < 4.78 is 56.7. The fourth-order valence-electron chi connectivity index (χ4n) is 4.06. The molecule has 2 aromatic rings. The maximum Gasteiger partial charge on any atom is 0.299 e. The predicted molar refractivity (Wildman–Crippen MR) is 153 cm³/mol. The molecule has 1 saturated heterocycles. The zero-order valence-electron chi connectivity index (χ0n) is 22.9. The van der Waals surface area contributed by atoms with Crippen molar-refractivity contribution >= 4 is 40.3 Å². The number of hydrogen-bond donors (Lipinski definition) is 1.